The molecule has 2 nitrogen and oxygen atoms in total. The van der Waals surface area contributed by atoms with Gasteiger partial charge >= 0.3 is 5.97 Å². The van der Waals surface area contributed by atoms with Crippen molar-refractivity contribution < 1.29 is 9.53 Å². The average molecular weight is 239 g/mol. The van der Waals surface area contributed by atoms with E-state index >= 15 is 0 Å². The Morgan fingerprint density at radius 1 is 1.17 bits per heavy atom. The minimum atomic E-state index is -0.282. The van der Waals surface area contributed by atoms with Gasteiger partial charge in [-0.05, 0) is 24.1 Å². The fourth-order valence-corrected chi connectivity index (χ4v) is 1.66. The summed E-state index contributed by atoms with van der Waals surface area (Å²) in [4.78, 5) is 11.9. The molecule has 0 N–H and O–H groups in total. The van der Waals surface area contributed by atoms with E-state index in [1.807, 2.05) is 55.5 Å². The standard InChI is InChI=1S/C16H15O2/c1-13(15-10-6-3-7-11-15)16(17)18-12-14-8-4-2-5-9-14/h2-10,13H,12H2,1H3. The molecule has 0 saturated carbocycles. The van der Waals surface area contributed by atoms with Crippen molar-refractivity contribution in [1.29, 1.82) is 0 Å². The summed E-state index contributed by atoms with van der Waals surface area (Å²) < 4.78 is 5.29. The van der Waals surface area contributed by atoms with Crippen molar-refractivity contribution in [1.82, 2.24) is 0 Å². The zero-order valence-electron chi connectivity index (χ0n) is 10.3. The van der Waals surface area contributed by atoms with E-state index in [0.29, 0.717) is 6.61 Å². The normalized spacial score (nSPS) is 11.8. The summed E-state index contributed by atoms with van der Waals surface area (Å²) in [6.07, 6.45) is 0. The predicted molar refractivity (Wildman–Crippen MR) is 69.9 cm³/mol. The molecule has 0 spiro atoms. The van der Waals surface area contributed by atoms with E-state index in [2.05, 4.69) is 6.07 Å². The third-order valence-electron chi connectivity index (χ3n) is 2.78. The first-order valence-electron chi connectivity index (χ1n) is 5.94. The average Bonchev–Trinajstić information content (AvgIpc) is 2.46. The van der Waals surface area contributed by atoms with Gasteiger partial charge in [-0.1, -0.05) is 54.6 Å². The van der Waals surface area contributed by atoms with Crippen LogP contribution in [0.1, 0.15) is 24.0 Å². The lowest BCUT2D eigenvalue weighted by Crippen LogP contribution is -2.13. The van der Waals surface area contributed by atoms with Gasteiger partial charge in [-0.2, -0.15) is 0 Å². The number of benzene rings is 2. The summed E-state index contributed by atoms with van der Waals surface area (Å²) in [7, 11) is 0. The maximum absolute atomic E-state index is 11.9. The summed E-state index contributed by atoms with van der Waals surface area (Å²) in [6, 6.07) is 20.2. The number of hydrogen-bond acceptors (Lipinski definition) is 2. The minimum absolute atomic E-state index is 0.221. The summed E-state index contributed by atoms with van der Waals surface area (Å²) >= 11 is 0. The quantitative estimate of drug-likeness (QED) is 0.765. The molecule has 18 heavy (non-hydrogen) atoms. The van der Waals surface area contributed by atoms with Gasteiger partial charge in [0.15, 0.2) is 0 Å². The number of hydrogen-bond donors (Lipinski definition) is 0. The lowest BCUT2D eigenvalue weighted by Gasteiger charge is -2.11. The fourth-order valence-electron chi connectivity index (χ4n) is 1.66. The molecule has 0 aliphatic carbocycles. The lowest BCUT2D eigenvalue weighted by atomic mass is 10.0. The van der Waals surface area contributed by atoms with Gasteiger partial charge in [0.1, 0.15) is 6.61 Å². The van der Waals surface area contributed by atoms with Crippen LogP contribution in [0.4, 0.5) is 0 Å². The van der Waals surface area contributed by atoms with Crippen molar-refractivity contribution in [3.05, 3.63) is 71.8 Å². The first-order chi connectivity index (χ1) is 8.77. The Labute approximate surface area is 107 Å². The SMILES string of the molecule is CC(C(=O)OCc1ccccc1)c1[c]cccc1. The van der Waals surface area contributed by atoms with Crippen LogP contribution in [0.25, 0.3) is 0 Å². The predicted octanol–water partition coefficient (Wildman–Crippen LogP) is 3.33. The van der Waals surface area contributed by atoms with E-state index in [9.17, 15) is 4.79 Å². The molecule has 0 aliphatic rings. The van der Waals surface area contributed by atoms with Gasteiger partial charge in [-0.25, -0.2) is 0 Å². The van der Waals surface area contributed by atoms with Crippen molar-refractivity contribution in [3.63, 3.8) is 0 Å². The van der Waals surface area contributed by atoms with E-state index in [4.69, 9.17) is 4.74 Å². The highest BCUT2D eigenvalue weighted by Crippen LogP contribution is 2.16. The second kappa shape index (κ2) is 6.01. The molecule has 1 radical (unpaired) electrons. The second-order valence-corrected chi connectivity index (χ2v) is 4.13. The highest BCUT2D eigenvalue weighted by molar-refractivity contribution is 5.77. The Hall–Kier alpha value is -2.09. The van der Waals surface area contributed by atoms with E-state index in [1.54, 1.807) is 6.07 Å². The van der Waals surface area contributed by atoms with Crippen molar-refractivity contribution in [2.24, 2.45) is 0 Å². The Morgan fingerprint density at radius 2 is 1.89 bits per heavy atom. The zero-order chi connectivity index (χ0) is 12.8. The monoisotopic (exact) mass is 239 g/mol. The fraction of sp³-hybridized carbons (Fsp3) is 0.188. The van der Waals surface area contributed by atoms with Crippen molar-refractivity contribution in [2.75, 3.05) is 0 Å². The van der Waals surface area contributed by atoms with Crippen LogP contribution in [-0.4, -0.2) is 5.97 Å². The molecule has 0 amide bonds. The first-order valence-corrected chi connectivity index (χ1v) is 5.94. The van der Waals surface area contributed by atoms with Gasteiger partial charge in [0.2, 0.25) is 0 Å². The van der Waals surface area contributed by atoms with Gasteiger partial charge in [0.05, 0.1) is 5.92 Å². The first kappa shape index (κ1) is 12.4. The molecule has 2 heteroatoms. The van der Waals surface area contributed by atoms with Crippen LogP contribution < -0.4 is 0 Å². The highest BCUT2D eigenvalue weighted by atomic mass is 16.5. The summed E-state index contributed by atoms with van der Waals surface area (Å²) in [5, 5.41) is 0. The summed E-state index contributed by atoms with van der Waals surface area (Å²) in [5.41, 5.74) is 1.85. The van der Waals surface area contributed by atoms with E-state index in [0.717, 1.165) is 11.1 Å². The molecule has 1 unspecified atom stereocenters. The van der Waals surface area contributed by atoms with Gasteiger partial charge in [-0.3, -0.25) is 4.79 Å². The van der Waals surface area contributed by atoms with Crippen LogP contribution in [-0.2, 0) is 16.1 Å². The molecule has 2 rings (SSSR count). The molecule has 0 saturated heterocycles. The molecule has 0 aromatic heterocycles. The zero-order valence-corrected chi connectivity index (χ0v) is 10.3. The number of esters is 1. The number of carbonyl (C=O) groups excluding carboxylic acids is 1. The molecule has 0 fully saturated rings. The molecule has 0 bridgehead atoms. The third-order valence-corrected chi connectivity index (χ3v) is 2.78. The Bertz CT molecular complexity index is 491. The van der Waals surface area contributed by atoms with Crippen molar-refractivity contribution in [2.45, 2.75) is 19.4 Å². The lowest BCUT2D eigenvalue weighted by molar-refractivity contribution is -0.146. The van der Waals surface area contributed by atoms with Gasteiger partial charge in [0.25, 0.3) is 0 Å². The van der Waals surface area contributed by atoms with Crippen molar-refractivity contribution in [3.8, 4) is 0 Å². The maximum atomic E-state index is 11.9. The van der Waals surface area contributed by atoms with Crippen LogP contribution >= 0.6 is 0 Å². The third kappa shape index (κ3) is 3.20. The van der Waals surface area contributed by atoms with E-state index in [1.165, 1.54) is 0 Å². The topological polar surface area (TPSA) is 26.3 Å². The molecule has 2 aromatic rings. The molecule has 0 aliphatic heterocycles. The molecule has 1 atom stereocenters. The Morgan fingerprint density at radius 3 is 2.56 bits per heavy atom. The minimum Gasteiger partial charge on any atom is -0.460 e. The van der Waals surface area contributed by atoms with Crippen molar-refractivity contribution >= 4 is 5.97 Å². The van der Waals surface area contributed by atoms with Gasteiger partial charge in [-0.15, -0.1) is 0 Å². The highest BCUT2D eigenvalue weighted by Gasteiger charge is 2.16. The van der Waals surface area contributed by atoms with E-state index in [-0.39, 0.29) is 11.9 Å². The molecule has 0 heterocycles. The molecular weight excluding hydrogens is 224 g/mol. The summed E-state index contributed by atoms with van der Waals surface area (Å²) in [6.45, 7) is 2.15. The molecule has 2 aromatic carbocycles. The van der Waals surface area contributed by atoms with Crippen LogP contribution in [0.3, 0.4) is 0 Å². The Balaban J connectivity index is 1.93. The van der Waals surface area contributed by atoms with Crippen LogP contribution in [0, 0.1) is 6.07 Å². The smallest absolute Gasteiger partial charge is 0.313 e. The van der Waals surface area contributed by atoms with E-state index < -0.39 is 0 Å². The van der Waals surface area contributed by atoms with Crippen LogP contribution in [0.15, 0.2) is 54.6 Å². The van der Waals surface area contributed by atoms with Crippen LogP contribution in [0.2, 0.25) is 0 Å². The van der Waals surface area contributed by atoms with Gasteiger partial charge < -0.3 is 4.74 Å². The largest absolute Gasteiger partial charge is 0.460 e. The number of ether oxygens (including phenoxy) is 1. The number of carbonyl (C=O) groups is 1. The van der Waals surface area contributed by atoms with Gasteiger partial charge in [0, 0.05) is 0 Å². The second-order valence-electron chi connectivity index (χ2n) is 4.13. The molecule has 91 valence electrons. The maximum Gasteiger partial charge on any atom is 0.313 e. The van der Waals surface area contributed by atoms with Crippen LogP contribution in [0.5, 0.6) is 0 Å². The Kier molecular flexibility index (Phi) is 4.13. The number of rotatable bonds is 4. The summed E-state index contributed by atoms with van der Waals surface area (Å²) in [5.74, 6) is -0.504. The molecular formula is C16H15O2.